The summed E-state index contributed by atoms with van der Waals surface area (Å²) < 4.78 is 5.01. The van der Waals surface area contributed by atoms with E-state index in [1.54, 1.807) is 4.90 Å². The summed E-state index contributed by atoms with van der Waals surface area (Å²) in [7, 11) is 1.33. The first-order valence-corrected chi connectivity index (χ1v) is 7.18. The van der Waals surface area contributed by atoms with Crippen LogP contribution in [0.5, 0.6) is 5.75 Å². The van der Waals surface area contributed by atoms with Crippen molar-refractivity contribution in [2.24, 2.45) is 0 Å². The molecule has 23 heavy (non-hydrogen) atoms. The molecule has 118 valence electrons. The molecule has 0 bridgehead atoms. The van der Waals surface area contributed by atoms with E-state index in [4.69, 9.17) is 11.2 Å². The Hall–Kier alpha value is -2.99. The average molecular weight is 312 g/mol. The maximum absolute atomic E-state index is 12.7. The number of ether oxygens (including phenoxy) is 1. The number of rotatable bonds is 3. The minimum absolute atomic E-state index is 0.0594. The van der Waals surface area contributed by atoms with Crippen molar-refractivity contribution >= 4 is 11.6 Å². The Morgan fingerprint density at radius 1 is 1.48 bits per heavy atom. The zero-order valence-electron chi connectivity index (χ0n) is 12.7. The Labute approximate surface area is 134 Å². The molecule has 1 aliphatic heterocycles. The molecule has 0 N–H and O–H groups in total. The number of terminal acetylenes is 1. The molecular weight excluding hydrogens is 296 g/mol. The molecule has 0 aromatic heterocycles. The van der Waals surface area contributed by atoms with E-state index in [9.17, 15) is 14.9 Å². The van der Waals surface area contributed by atoms with Crippen molar-refractivity contribution in [3.63, 3.8) is 0 Å². The molecule has 0 aliphatic carbocycles. The largest absolute Gasteiger partial charge is 0.490 e. The van der Waals surface area contributed by atoms with Gasteiger partial charge in [0.15, 0.2) is 5.75 Å². The van der Waals surface area contributed by atoms with Gasteiger partial charge in [-0.1, -0.05) is 5.92 Å². The van der Waals surface area contributed by atoms with Crippen LogP contribution in [0.1, 0.15) is 29.6 Å². The Bertz CT molecular complexity index is 724. The van der Waals surface area contributed by atoms with Gasteiger partial charge in [-0.3, -0.25) is 14.9 Å². The van der Waals surface area contributed by atoms with E-state index in [-0.39, 0.29) is 23.4 Å². The van der Waals surface area contributed by atoms with Gasteiger partial charge in [0.05, 0.1) is 18.1 Å². The summed E-state index contributed by atoms with van der Waals surface area (Å²) in [5.41, 5.74) is 0.160. The van der Waals surface area contributed by atoms with Crippen LogP contribution in [0, 0.1) is 34.3 Å². The van der Waals surface area contributed by atoms with Crippen molar-refractivity contribution in [1.82, 2.24) is 4.90 Å². The molecule has 2 rings (SSSR count). The molecule has 6 heteroatoms. The van der Waals surface area contributed by atoms with Crippen LogP contribution in [0.4, 0.5) is 5.69 Å². The van der Waals surface area contributed by atoms with Gasteiger partial charge in [-0.05, 0) is 37.2 Å². The van der Waals surface area contributed by atoms with Crippen LogP contribution >= 0.6 is 0 Å². The molecule has 1 aromatic carbocycles. The number of nitrogens with zero attached hydrogens (tertiary/aromatic N) is 2. The number of hydrogen-bond acceptors (Lipinski definition) is 4. The number of likely N-dealkylation sites (tertiary alicyclic amines) is 1. The lowest BCUT2D eigenvalue weighted by atomic mass is 10.0. The summed E-state index contributed by atoms with van der Waals surface area (Å²) in [4.78, 5) is 24.7. The van der Waals surface area contributed by atoms with E-state index in [0.717, 1.165) is 19.3 Å². The van der Waals surface area contributed by atoms with Crippen LogP contribution in [0.3, 0.4) is 0 Å². The Morgan fingerprint density at radius 3 is 2.91 bits per heavy atom. The minimum atomic E-state index is -0.546. The number of carbonyl (C=O) groups is 1. The van der Waals surface area contributed by atoms with Crippen molar-refractivity contribution in [3.05, 3.63) is 33.9 Å². The summed E-state index contributed by atoms with van der Waals surface area (Å²) in [5.74, 6) is 7.57. The first-order valence-electron chi connectivity index (χ1n) is 7.18. The number of benzene rings is 1. The summed E-state index contributed by atoms with van der Waals surface area (Å²) in [6.07, 6.45) is 7.80. The van der Waals surface area contributed by atoms with Crippen LogP contribution in [0.25, 0.3) is 0 Å². The van der Waals surface area contributed by atoms with E-state index in [1.165, 1.54) is 25.3 Å². The Morgan fingerprint density at radius 2 is 2.26 bits per heavy atom. The summed E-state index contributed by atoms with van der Waals surface area (Å²) in [6, 6.07) is 3.87. The van der Waals surface area contributed by atoms with Crippen LogP contribution in [-0.4, -0.2) is 35.4 Å². The molecule has 1 heterocycles. The highest BCUT2D eigenvalue weighted by Crippen LogP contribution is 2.29. The third-order valence-corrected chi connectivity index (χ3v) is 3.70. The number of nitro benzene ring substituents is 1. The van der Waals surface area contributed by atoms with Crippen molar-refractivity contribution in [2.45, 2.75) is 25.3 Å². The van der Waals surface area contributed by atoms with E-state index >= 15 is 0 Å². The minimum Gasteiger partial charge on any atom is -0.490 e. The van der Waals surface area contributed by atoms with Crippen molar-refractivity contribution < 1.29 is 14.5 Å². The normalized spacial score (nSPS) is 16.7. The number of piperidine rings is 1. The van der Waals surface area contributed by atoms with Gasteiger partial charge in [-0.25, -0.2) is 0 Å². The van der Waals surface area contributed by atoms with Gasteiger partial charge in [0.25, 0.3) is 5.91 Å². The molecule has 1 aromatic rings. The molecule has 1 atom stereocenters. The van der Waals surface area contributed by atoms with Crippen molar-refractivity contribution in [2.75, 3.05) is 13.7 Å². The van der Waals surface area contributed by atoms with Gasteiger partial charge < -0.3 is 9.64 Å². The fourth-order valence-electron chi connectivity index (χ4n) is 2.58. The number of hydrogen-bond donors (Lipinski definition) is 0. The first-order chi connectivity index (χ1) is 11.1. The van der Waals surface area contributed by atoms with Gasteiger partial charge in [0.2, 0.25) is 0 Å². The topological polar surface area (TPSA) is 72.7 Å². The van der Waals surface area contributed by atoms with Gasteiger partial charge in [0, 0.05) is 24.2 Å². The molecule has 6 nitrogen and oxygen atoms in total. The van der Waals surface area contributed by atoms with Gasteiger partial charge in [-0.2, -0.15) is 0 Å². The summed E-state index contributed by atoms with van der Waals surface area (Å²) in [6.45, 7) is 0.585. The fourth-order valence-corrected chi connectivity index (χ4v) is 2.58. The molecule has 1 fully saturated rings. The number of amides is 1. The standard InChI is InChI=1S/C17H16N2O4/c1-3-4-7-14-8-5-6-11-18(14)17(20)13-9-10-15(19(21)22)16(12-13)23-2/h1,9-10,12,14H,5-6,8,11H2,2H3. The highest BCUT2D eigenvalue weighted by molar-refractivity contribution is 5.95. The van der Waals surface area contributed by atoms with Crippen LogP contribution < -0.4 is 4.74 Å². The molecule has 0 radical (unpaired) electrons. The zero-order valence-corrected chi connectivity index (χ0v) is 12.7. The molecule has 0 spiro atoms. The number of carbonyl (C=O) groups excluding carboxylic acids is 1. The van der Waals surface area contributed by atoms with Crippen molar-refractivity contribution in [1.29, 1.82) is 0 Å². The van der Waals surface area contributed by atoms with Gasteiger partial charge >= 0.3 is 5.69 Å². The fraction of sp³-hybridized carbons (Fsp3) is 0.353. The molecule has 1 aliphatic rings. The maximum Gasteiger partial charge on any atom is 0.310 e. The predicted molar refractivity (Wildman–Crippen MR) is 84.9 cm³/mol. The molecule has 0 saturated carbocycles. The SMILES string of the molecule is C#CC#CC1CCCCN1C(=O)c1ccc([N+](=O)[O-])c(OC)c1. The quantitative estimate of drug-likeness (QED) is 0.487. The first kappa shape index (κ1) is 16.4. The van der Waals surface area contributed by atoms with Crippen LogP contribution in [-0.2, 0) is 0 Å². The van der Waals surface area contributed by atoms with Crippen LogP contribution in [0.2, 0.25) is 0 Å². The molecule has 1 unspecified atom stereocenters. The lowest BCUT2D eigenvalue weighted by molar-refractivity contribution is -0.385. The number of methoxy groups -OCH3 is 1. The second kappa shape index (κ2) is 7.33. The Kier molecular flexibility index (Phi) is 5.22. The van der Waals surface area contributed by atoms with E-state index < -0.39 is 4.92 Å². The predicted octanol–water partition coefficient (Wildman–Crippen LogP) is 2.23. The highest BCUT2D eigenvalue weighted by Gasteiger charge is 2.27. The van der Waals surface area contributed by atoms with Crippen LogP contribution in [0.15, 0.2) is 18.2 Å². The van der Waals surface area contributed by atoms with E-state index in [0.29, 0.717) is 12.1 Å². The average Bonchev–Trinajstić information content (AvgIpc) is 2.58. The third kappa shape index (κ3) is 3.61. The second-order valence-electron chi connectivity index (χ2n) is 5.07. The molecule has 1 amide bonds. The van der Waals surface area contributed by atoms with Gasteiger partial charge in [-0.15, -0.1) is 6.42 Å². The summed E-state index contributed by atoms with van der Waals surface area (Å²) in [5, 5.41) is 10.9. The smallest absolute Gasteiger partial charge is 0.310 e. The monoisotopic (exact) mass is 312 g/mol. The highest BCUT2D eigenvalue weighted by atomic mass is 16.6. The lowest BCUT2D eigenvalue weighted by Gasteiger charge is -2.32. The Balaban J connectivity index is 2.31. The summed E-state index contributed by atoms with van der Waals surface area (Å²) >= 11 is 0. The van der Waals surface area contributed by atoms with E-state index in [1.807, 2.05) is 0 Å². The lowest BCUT2D eigenvalue weighted by Crippen LogP contribution is -2.43. The van der Waals surface area contributed by atoms with E-state index in [2.05, 4.69) is 17.8 Å². The molecule has 1 saturated heterocycles. The molecular formula is C17H16N2O4. The maximum atomic E-state index is 12.7. The van der Waals surface area contributed by atoms with Gasteiger partial charge in [0.1, 0.15) is 0 Å². The van der Waals surface area contributed by atoms with Crippen molar-refractivity contribution in [3.8, 4) is 29.9 Å². The zero-order chi connectivity index (χ0) is 16.8. The second-order valence-corrected chi connectivity index (χ2v) is 5.07. The number of nitro groups is 1. The third-order valence-electron chi connectivity index (χ3n) is 3.70.